The standard InChI is InChI=1S/C16H22BrNO4S2/c17-14-6-7-15(23-14)24(20,21)18-10-8-12(9-11-18)16(19)22-13-4-2-1-3-5-13/h6-7,12-13H,1-5,8-11H2. The lowest BCUT2D eigenvalue weighted by Gasteiger charge is -2.31. The average molecular weight is 436 g/mol. The first-order valence-corrected chi connectivity index (χ1v) is 11.5. The average Bonchev–Trinajstić information content (AvgIpc) is 3.03. The normalized spacial score (nSPS) is 21.7. The fraction of sp³-hybridized carbons (Fsp3) is 0.688. The van der Waals surface area contributed by atoms with E-state index < -0.39 is 10.0 Å². The van der Waals surface area contributed by atoms with Crippen LogP contribution >= 0.6 is 27.3 Å². The molecule has 1 saturated heterocycles. The molecular formula is C16H22BrNO4S2. The van der Waals surface area contributed by atoms with Gasteiger partial charge in [-0.15, -0.1) is 11.3 Å². The molecule has 0 unspecified atom stereocenters. The van der Waals surface area contributed by atoms with Gasteiger partial charge in [0.2, 0.25) is 0 Å². The van der Waals surface area contributed by atoms with Gasteiger partial charge >= 0.3 is 5.97 Å². The van der Waals surface area contributed by atoms with E-state index in [1.54, 1.807) is 12.1 Å². The molecule has 0 amide bonds. The highest BCUT2D eigenvalue weighted by Crippen LogP contribution is 2.31. The van der Waals surface area contributed by atoms with Crippen LogP contribution in [0.2, 0.25) is 0 Å². The van der Waals surface area contributed by atoms with E-state index in [9.17, 15) is 13.2 Å². The van der Waals surface area contributed by atoms with Crippen molar-refractivity contribution < 1.29 is 17.9 Å². The minimum Gasteiger partial charge on any atom is -0.462 e. The molecule has 1 aliphatic carbocycles. The zero-order valence-electron chi connectivity index (χ0n) is 13.4. The molecule has 24 heavy (non-hydrogen) atoms. The molecule has 1 aromatic rings. The summed E-state index contributed by atoms with van der Waals surface area (Å²) in [5, 5.41) is 0. The van der Waals surface area contributed by atoms with Gasteiger partial charge in [-0.1, -0.05) is 6.42 Å². The maximum absolute atomic E-state index is 12.6. The van der Waals surface area contributed by atoms with Gasteiger partial charge in [-0.2, -0.15) is 4.31 Å². The number of esters is 1. The number of piperidine rings is 1. The van der Waals surface area contributed by atoms with E-state index in [0.717, 1.165) is 29.5 Å². The van der Waals surface area contributed by atoms with Gasteiger partial charge in [0, 0.05) is 13.1 Å². The van der Waals surface area contributed by atoms with Crippen LogP contribution in [0, 0.1) is 5.92 Å². The largest absolute Gasteiger partial charge is 0.462 e. The summed E-state index contributed by atoms with van der Waals surface area (Å²) in [6.07, 6.45) is 6.56. The highest BCUT2D eigenvalue weighted by molar-refractivity contribution is 9.11. The van der Waals surface area contributed by atoms with E-state index >= 15 is 0 Å². The van der Waals surface area contributed by atoms with Crippen LogP contribution in [0.3, 0.4) is 0 Å². The molecule has 1 aliphatic heterocycles. The summed E-state index contributed by atoms with van der Waals surface area (Å²) in [5.74, 6) is -0.314. The minimum absolute atomic E-state index is 0.0662. The van der Waals surface area contributed by atoms with Gasteiger partial charge in [0.15, 0.2) is 0 Å². The number of carbonyl (C=O) groups is 1. The third-order valence-electron chi connectivity index (χ3n) is 4.76. The molecule has 134 valence electrons. The second-order valence-corrected chi connectivity index (χ2v) is 11.1. The summed E-state index contributed by atoms with van der Waals surface area (Å²) in [4.78, 5) is 12.3. The number of carbonyl (C=O) groups excluding carboxylic acids is 1. The van der Waals surface area contributed by atoms with Gasteiger partial charge in [0.1, 0.15) is 10.3 Å². The third kappa shape index (κ3) is 4.20. The lowest BCUT2D eigenvalue weighted by molar-refractivity contribution is -0.156. The van der Waals surface area contributed by atoms with E-state index in [1.165, 1.54) is 22.1 Å². The van der Waals surface area contributed by atoms with Crippen molar-refractivity contribution >= 4 is 43.3 Å². The second kappa shape index (κ2) is 7.85. The Kier molecular flexibility index (Phi) is 6.00. The number of ether oxygens (including phenoxy) is 1. The van der Waals surface area contributed by atoms with Gasteiger partial charge in [0.25, 0.3) is 10.0 Å². The SMILES string of the molecule is O=C(OC1CCCCC1)C1CCN(S(=O)(=O)c2ccc(Br)s2)CC1. The van der Waals surface area contributed by atoms with Crippen LogP contribution < -0.4 is 0 Å². The molecule has 5 nitrogen and oxygen atoms in total. The number of thiophene rings is 1. The summed E-state index contributed by atoms with van der Waals surface area (Å²) < 4.78 is 33.4. The van der Waals surface area contributed by atoms with Crippen LogP contribution in [-0.2, 0) is 19.6 Å². The highest BCUT2D eigenvalue weighted by Gasteiger charge is 2.34. The fourth-order valence-electron chi connectivity index (χ4n) is 3.34. The number of sulfonamides is 1. The molecule has 2 heterocycles. The summed E-state index contributed by atoms with van der Waals surface area (Å²) in [5.41, 5.74) is 0. The molecule has 1 aromatic heterocycles. The molecule has 0 bridgehead atoms. The number of rotatable bonds is 4. The number of nitrogens with zero attached hydrogens (tertiary/aromatic N) is 1. The second-order valence-electron chi connectivity index (χ2n) is 6.43. The van der Waals surface area contributed by atoms with Crippen molar-refractivity contribution in [1.82, 2.24) is 4.31 Å². The first-order valence-electron chi connectivity index (χ1n) is 8.43. The quantitative estimate of drug-likeness (QED) is 0.674. The Morgan fingerprint density at radius 3 is 2.38 bits per heavy atom. The smallest absolute Gasteiger partial charge is 0.309 e. The van der Waals surface area contributed by atoms with Crippen molar-refractivity contribution in [2.24, 2.45) is 5.92 Å². The van der Waals surface area contributed by atoms with Gasteiger partial charge in [0.05, 0.1) is 9.70 Å². The molecule has 0 radical (unpaired) electrons. The van der Waals surface area contributed by atoms with E-state index in [-0.39, 0.29) is 18.0 Å². The summed E-state index contributed by atoms with van der Waals surface area (Å²) in [6.45, 7) is 0.755. The van der Waals surface area contributed by atoms with Crippen LogP contribution in [-0.4, -0.2) is 37.9 Å². The Hall–Kier alpha value is -0.440. The van der Waals surface area contributed by atoms with Crippen molar-refractivity contribution in [2.75, 3.05) is 13.1 Å². The monoisotopic (exact) mass is 435 g/mol. The predicted molar refractivity (Wildman–Crippen MR) is 96.5 cm³/mol. The van der Waals surface area contributed by atoms with Gasteiger partial charge in [-0.25, -0.2) is 8.42 Å². The molecule has 1 saturated carbocycles. The topological polar surface area (TPSA) is 63.7 Å². The zero-order valence-corrected chi connectivity index (χ0v) is 16.7. The molecule has 8 heteroatoms. The van der Waals surface area contributed by atoms with Crippen LogP contribution in [0.25, 0.3) is 0 Å². The van der Waals surface area contributed by atoms with Gasteiger partial charge in [-0.3, -0.25) is 4.79 Å². The van der Waals surface area contributed by atoms with Crippen molar-refractivity contribution in [3.05, 3.63) is 15.9 Å². The van der Waals surface area contributed by atoms with Crippen molar-refractivity contribution in [1.29, 1.82) is 0 Å². The summed E-state index contributed by atoms with van der Waals surface area (Å²) in [6, 6.07) is 3.36. The lowest BCUT2D eigenvalue weighted by atomic mass is 9.96. The number of hydrogen-bond donors (Lipinski definition) is 0. The Morgan fingerprint density at radius 1 is 1.12 bits per heavy atom. The Balaban J connectivity index is 1.54. The van der Waals surface area contributed by atoms with E-state index in [1.807, 2.05) is 0 Å². The van der Waals surface area contributed by atoms with Gasteiger partial charge in [-0.05, 0) is 66.6 Å². The predicted octanol–water partition coefficient (Wildman–Crippen LogP) is 3.79. The van der Waals surface area contributed by atoms with Crippen molar-refractivity contribution in [2.45, 2.75) is 55.3 Å². The minimum atomic E-state index is -3.45. The van der Waals surface area contributed by atoms with Crippen LogP contribution in [0.1, 0.15) is 44.9 Å². The van der Waals surface area contributed by atoms with Gasteiger partial charge < -0.3 is 4.74 Å². The summed E-state index contributed by atoms with van der Waals surface area (Å²) in [7, 11) is -3.45. The fourth-order valence-corrected chi connectivity index (χ4v) is 6.97. The maximum Gasteiger partial charge on any atom is 0.309 e. The maximum atomic E-state index is 12.6. The third-order valence-corrected chi connectivity index (χ3v) is 8.75. The number of hydrogen-bond acceptors (Lipinski definition) is 5. The molecule has 3 rings (SSSR count). The molecule has 2 fully saturated rings. The first kappa shape index (κ1) is 18.4. The van der Waals surface area contributed by atoms with E-state index in [0.29, 0.717) is 30.1 Å². The molecule has 2 aliphatic rings. The Morgan fingerprint density at radius 2 is 1.79 bits per heavy atom. The Bertz CT molecular complexity index is 674. The molecular weight excluding hydrogens is 414 g/mol. The van der Waals surface area contributed by atoms with Crippen molar-refractivity contribution in [3.63, 3.8) is 0 Å². The molecule has 0 atom stereocenters. The first-order chi connectivity index (χ1) is 11.5. The van der Waals surface area contributed by atoms with E-state index in [2.05, 4.69) is 15.9 Å². The van der Waals surface area contributed by atoms with E-state index in [4.69, 9.17) is 4.74 Å². The zero-order chi connectivity index (χ0) is 17.2. The number of halogens is 1. The lowest BCUT2D eigenvalue weighted by Crippen LogP contribution is -2.41. The van der Waals surface area contributed by atoms with Crippen LogP contribution in [0.15, 0.2) is 20.1 Å². The van der Waals surface area contributed by atoms with Crippen LogP contribution in [0.4, 0.5) is 0 Å². The molecule has 0 N–H and O–H groups in total. The Labute approximate surface area is 155 Å². The van der Waals surface area contributed by atoms with Crippen LogP contribution in [0.5, 0.6) is 0 Å². The highest BCUT2D eigenvalue weighted by atomic mass is 79.9. The van der Waals surface area contributed by atoms with Crippen molar-refractivity contribution in [3.8, 4) is 0 Å². The summed E-state index contributed by atoms with van der Waals surface area (Å²) >= 11 is 4.51. The molecule has 0 spiro atoms. The molecule has 0 aromatic carbocycles.